The van der Waals surface area contributed by atoms with Gasteiger partial charge in [-0.05, 0) is 12.1 Å². The lowest BCUT2D eigenvalue weighted by Crippen LogP contribution is -2.40. The number of rotatable bonds is 3. The zero-order valence-corrected chi connectivity index (χ0v) is 12.2. The largest absolute Gasteiger partial charge is 0.466 e. The maximum absolute atomic E-state index is 12.1. The van der Waals surface area contributed by atoms with Crippen molar-refractivity contribution in [3.05, 3.63) is 24.3 Å². The van der Waals surface area contributed by atoms with E-state index in [2.05, 4.69) is 5.10 Å². The highest BCUT2D eigenvalue weighted by molar-refractivity contribution is 7.99. The molecule has 0 aliphatic carbocycles. The van der Waals surface area contributed by atoms with E-state index in [1.54, 1.807) is 4.68 Å². The first-order valence-electron chi connectivity index (χ1n) is 6.66. The molecule has 0 saturated carbocycles. The van der Waals surface area contributed by atoms with Crippen LogP contribution >= 0.6 is 11.8 Å². The van der Waals surface area contributed by atoms with Gasteiger partial charge in [-0.3, -0.25) is 9.48 Å². The third-order valence-electron chi connectivity index (χ3n) is 3.42. The lowest BCUT2D eigenvalue weighted by atomic mass is 10.2. The van der Waals surface area contributed by atoms with Crippen LogP contribution in [0, 0.1) is 0 Å². The van der Waals surface area contributed by atoms with Gasteiger partial charge in [0, 0.05) is 31.6 Å². The van der Waals surface area contributed by atoms with Crippen molar-refractivity contribution >= 4 is 28.6 Å². The van der Waals surface area contributed by atoms with Gasteiger partial charge in [0.2, 0.25) is 5.88 Å². The fourth-order valence-electron chi connectivity index (χ4n) is 2.32. The summed E-state index contributed by atoms with van der Waals surface area (Å²) in [6.07, 6.45) is 0. The summed E-state index contributed by atoms with van der Waals surface area (Å²) in [7, 11) is 1.87. The predicted octanol–water partition coefficient (Wildman–Crippen LogP) is 1.53. The molecule has 1 saturated heterocycles. The number of aryl methyl sites for hydroxylation is 1. The Hall–Kier alpha value is -1.69. The number of aromatic nitrogens is 2. The molecular weight excluding hydrogens is 274 g/mol. The predicted molar refractivity (Wildman–Crippen MR) is 80.1 cm³/mol. The van der Waals surface area contributed by atoms with Crippen molar-refractivity contribution in [2.24, 2.45) is 7.05 Å². The number of benzene rings is 1. The molecule has 1 amide bonds. The Morgan fingerprint density at radius 3 is 2.90 bits per heavy atom. The Kier molecular flexibility index (Phi) is 3.82. The number of para-hydroxylation sites is 1. The van der Waals surface area contributed by atoms with Gasteiger partial charge in [0.05, 0.1) is 10.9 Å². The van der Waals surface area contributed by atoms with E-state index < -0.39 is 0 Å². The molecule has 1 aliphatic heterocycles. The van der Waals surface area contributed by atoms with Crippen LogP contribution in [0.25, 0.3) is 10.9 Å². The van der Waals surface area contributed by atoms with Gasteiger partial charge in [-0.25, -0.2) is 0 Å². The van der Waals surface area contributed by atoms with Gasteiger partial charge in [-0.2, -0.15) is 11.8 Å². The number of ether oxygens (including phenoxy) is 1. The van der Waals surface area contributed by atoms with Gasteiger partial charge in [0.15, 0.2) is 6.61 Å². The summed E-state index contributed by atoms with van der Waals surface area (Å²) >= 11 is 1.89. The van der Waals surface area contributed by atoms with Gasteiger partial charge < -0.3 is 9.64 Å². The summed E-state index contributed by atoms with van der Waals surface area (Å²) in [4.78, 5) is 13.9. The molecule has 6 heteroatoms. The van der Waals surface area contributed by atoms with E-state index in [9.17, 15) is 4.79 Å². The summed E-state index contributed by atoms with van der Waals surface area (Å²) in [5.41, 5.74) is 1.00. The normalized spacial score (nSPS) is 15.6. The smallest absolute Gasteiger partial charge is 0.260 e. The van der Waals surface area contributed by atoms with Gasteiger partial charge in [-0.1, -0.05) is 12.1 Å². The molecule has 3 rings (SSSR count). The number of hydrogen-bond donors (Lipinski definition) is 0. The van der Waals surface area contributed by atoms with E-state index >= 15 is 0 Å². The zero-order valence-electron chi connectivity index (χ0n) is 11.4. The average Bonchev–Trinajstić information content (AvgIpc) is 2.83. The van der Waals surface area contributed by atoms with Gasteiger partial charge >= 0.3 is 0 Å². The molecule has 1 aliphatic rings. The first kappa shape index (κ1) is 13.3. The van der Waals surface area contributed by atoms with Crippen LogP contribution in [0.4, 0.5) is 0 Å². The number of amides is 1. The molecule has 0 bridgehead atoms. The van der Waals surface area contributed by atoms with Crippen LogP contribution < -0.4 is 4.74 Å². The van der Waals surface area contributed by atoms with Crippen molar-refractivity contribution in [1.29, 1.82) is 0 Å². The fourth-order valence-corrected chi connectivity index (χ4v) is 3.22. The Balaban J connectivity index is 1.69. The number of carbonyl (C=O) groups excluding carboxylic acids is 1. The van der Waals surface area contributed by atoms with Crippen LogP contribution in [0.15, 0.2) is 24.3 Å². The minimum Gasteiger partial charge on any atom is -0.466 e. The second-order valence-corrected chi connectivity index (χ2v) is 5.95. The first-order valence-corrected chi connectivity index (χ1v) is 7.81. The molecule has 2 aromatic rings. The lowest BCUT2D eigenvalue weighted by Gasteiger charge is -2.26. The minimum absolute atomic E-state index is 0.0417. The maximum Gasteiger partial charge on any atom is 0.260 e. The van der Waals surface area contributed by atoms with E-state index in [4.69, 9.17) is 4.74 Å². The van der Waals surface area contributed by atoms with Gasteiger partial charge in [-0.15, -0.1) is 5.10 Å². The molecule has 1 aromatic heterocycles. The van der Waals surface area contributed by atoms with Crippen LogP contribution in [0.3, 0.4) is 0 Å². The molecular formula is C14H17N3O2S. The first-order chi connectivity index (χ1) is 9.75. The molecule has 20 heavy (non-hydrogen) atoms. The standard InChI is InChI=1S/C14H17N3O2S/c1-16-12-5-3-2-4-11(12)14(15-16)19-10-13(18)17-6-8-20-9-7-17/h2-5H,6-10H2,1H3. The highest BCUT2D eigenvalue weighted by atomic mass is 32.2. The SMILES string of the molecule is Cn1nc(OCC(=O)N2CCSCC2)c2ccccc21. The molecule has 5 nitrogen and oxygen atoms in total. The van der Waals surface area contributed by atoms with E-state index in [0.29, 0.717) is 5.88 Å². The molecule has 0 atom stereocenters. The number of fused-ring (bicyclic) bond motifs is 1. The second kappa shape index (κ2) is 5.75. The summed E-state index contributed by atoms with van der Waals surface area (Å²) in [5.74, 6) is 2.60. The van der Waals surface area contributed by atoms with Crippen molar-refractivity contribution in [1.82, 2.24) is 14.7 Å². The number of hydrogen-bond acceptors (Lipinski definition) is 4. The molecule has 0 spiro atoms. The average molecular weight is 291 g/mol. The summed E-state index contributed by atoms with van der Waals surface area (Å²) in [6, 6.07) is 7.85. The summed E-state index contributed by atoms with van der Waals surface area (Å²) in [5, 5.41) is 5.27. The number of nitrogens with zero attached hydrogens (tertiary/aromatic N) is 3. The molecule has 1 fully saturated rings. The Labute approximate surface area is 121 Å². The van der Waals surface area contributed by atoms with Crippen LogP contribution in [0.2, 0.25) is 0 Å². The third kappa shape index (κ3) is 2.60. The topological polar surface area (TPSA) is 47.4 Å². The van der Waals surface area contributed by atoms with E-state index in [1.165, 1.54) is 0 Å². The summed E-state index contributed by atoms with van der Waals surface area (Å²) in [6.45, 7) is 1.69. The highest BCUT2D eigenvalue weighted by Crippen LogP contribution is 2.23. The van der Waals surface area contributed by atoms with Crippen LogP contribution in [0.5, 0.6) is 5.88 Å². The lowest BCUT2D eigenvalue weighted by molar-refractivity contribution is -0.133. The zero-order chi connectivity index (χ0) is 13.9. The molecule has 0 radical (unpaired) electrons. The van der Waals surface area contributed by atoms with Crippen LogP contribution in [-0.4, -0.2) is 51.8 Å². The number of carbonyl (C=O) groups is 1. The quantitative estimate of drug-likeness (QED) is 0.860. The minimum atomic E-state index is 0.0417. The molecule has 1 aromatic carbocycles. The van der Waals surface area contributed by atoms with E-state index in [1.807, 2.05) is 48.0 Å². The molecule has 0 N–H and O–H groups in total. The Morgan fingerprint density at radius 2 is 2.10 bits per heavy atom. The maximum atomic E-state index is 12.1. The van der Waals surface area contributed by atoms with Crippen molar-refractivity contribution < 1.29 is 9.53 Å². The highest BCUT2D eigenvalue weighted by Gasteiger charge is 2.18. The summed E-state index contributed by atoms with van der Waals surface area (Å²) < 4.78 is 7.40. The number of thioether (sulfide) groups is 1. The van der Waals surface area contributed by atoms with E-state index in [-0.39, 0.29) is 12.5 Å². The molecule has 106 valence electrons. The molecule has 0 unspecified atom stereocenters. The van der Waals surface area contributed by atoms with Crippen LogP contribution in [-0.2, 0) is 11.8 Å². The van der Waals surface area contributed by atoms with Gasteiger partial charge in [0.25, 0.3) is 5.91 Å². The third-order valence-corrected chi connectivity index (χ3v) is 4.36. The monoisotopic (exact) mass is 291 g/mol. The van der Waals surface area contributed by atoms with Gasteiger partial charge in [0.1, 0.15) is 0 Å². The van der Waals surface area contributed by atoms with Crippen molar-refractivity contribution in [2.75, 3.05) is 31.2 Å². The molecule has 2 heterocycles. The Bertz CT molecular complexity index is 620. The van der Waals surface area contributed by atoms with E-state index in [0.717, 1.165) is 35.5 Å². The van der Waals surface area contributed by atoms with Crippen molar-refractivity contribution in [3.63, 3.8) is 0 Å². The second-order valence-electron chi connectivity index (χ2n) is 4.73. The fraction of sp³-hybridized carbons (Fsp3) is 0.429. The Morgan fingerprint density at radius 1 is 1.35 bits per heavy atom. The van der Waals surface area contributed by atoms with Crippen molar-refractivity contribution in [2.45, 2.75) is 0 Å². The van der Waals surface area contributed by atoms with Crippen molar-refractivity contribution in [3.8, 4) is 5.88 Å². The van der Waals surface area contributed by atoms with Crippen LogP contribution in [0.1, 0.15) is 0 Å².